The van der Waals surface area contributed by atoms with E-state index in [2.05, 4.69) is 20.3 Å². The van der Waals surface area contributed by atoms with E-state index in [1.807, 2.05) is 13.8 Å². The van der Waals surface area contributed by atoms with Gasteiger partial charge in [-0.1, -0.05) is 13.0 Å². The zero-order valence-corrected chi connectivity index (χ0v) is 19.0. The van der Waals surface area contributed by atoms with Gasteiger partial charge < -0.3 is 20.3 Å². The SMILES string of the molecule is CC[C@@H](C)NC(=O)c1ccc(N2CCNCC2)c(NS(=O)(=O)c2cccc(OC)c2)c1. The highest BCUT2D eigenvalue weighted by molar-refractivity contribution is 7.92. The average Bonchev–Trinajstić information content (AvgIpc) is 2.79. The highest BCUT2D eigenvalue weighted by atomic mass is 32.2. The van der Waals surface area contributed by atoms with E-state index in [4.69, 9.17) is 4.74 Å². The first-order valence-electron chi connectivity index (χ1n) is 10.4. The molecule has 1 fully saturated rings. The predicted octanol–water partition coefficient (Wildman–Crippen LogP) is 2.43. The van der Waals surface area contributed by atoms with Crippen molar-refractivity contribution in [2.24, 2.45) is 0 Å². The summed E-state index contributed by atoms with van der Waals surface area (Å²) >= 11 is 0. The van der Waals surface area contributed by atoms with Gasteiger partial charge in [0.25, 0.3) is 15.9 Å². The Morgan fingerprint density at radius 3 is 2.61 bits per heavy atom. The van der Waals surface area contributed by atoms with E-state index < -0.39 is 10.0 Å². The third-order valence-corrected chi connectivity index (χ3v) is 6.67. The van der Waals surface area contributed by atoms with Crippen molar-refractivity contribution in [3.05, 3.63) is 48.0 Å². The van der Waals surface area contributed by atoms with Gasteiger partial charge in [-0.15, -0.1) is 0 Å². The molecule has 2 aromatic carbocycles. The van der Waals surface area contributed by atoms with Gasteiger partial charge in [0, 0.05) is 43.9 Å². The van der Waals surface area contributed by atoms with Crippen molar-refractivity contribution in [3.8, 4) is 5.75 Å². The van der Waals surface area contributed by atoms with Crippen molar-refractivity contribution in [2.45, 2.75) is 31.2 Å². The molecule has 1 amide bonds. The van der Waals surface area contributed by atoms with Crippen LogP contribution >= 0.6 is 0 Å². The molecule has 168 valence electrons. The van der Waals surface area contributed by atoms with E-state index in [1.165, 1.54) is 19.2 Å². The molecular formula is C22H30N4O4S. The highest BCUT2D eigenvalue weighted by Gasteiger charge is 2.22. The van der Waals surface area contributed by atoms with E-state index in [0.717, 1.165) is 38.3 Å². The third kappa shape index (κ3) is 5.68. The molecule has 3 N–H and O–H groups in total. The van der Waals surface area contributed by atoms with E-state index in [9.17, 15) is 13.2 Å². The minimum Gasteiger partial charge on any atom is -0.497 e. The molecule has 0 aliphatic carbocycles. The number of methoxy groups -OCH3 is 1. The van der Waals surface area contributed by atoms with Crippen molar-refractivity contribution in [1.82, 2.24) is 10.6 Å². The smallest absolute Gasteiger partial charge is 0.262 e. The zero-order chi connectivity index (χ0) is 22.4. The minimum atomic E-state index is -3.88. The summed E-state index contributed by atoms with van der Waals surface area (Å²) in [5.41, 5.74) is 1.53. The van der Waals surface area contributed by atoms with Crippen LogP contribution in [0.2, 0.25) is 0 Å². The second-order valence-electron chi connectivity index (χ2n) is 7.54. The molecule has 1 atom stereocenters. The monoisotopic (exact) mass is 446 g/mol. The number of carbonyl (C=O) groups excluding carboxylic acids is 1. The molecule has 2 aromatic rings. The molecule has 0 saturated carbocycles. The fraction of sp³-hybridized carbons (Fsp3) is 0.409. The number of hydrogen-bond acceptors (Lipinski definition) is 6. The summed E-state index contributed by atoms with van der Waals surface area (Å²) in [6, 6.07) is 11.5. The standard InChI is InChI=1S/C22H30N4O4S/c1-4-16(2)24-22(27)17-8-9-21(26-12-10-23-11-13-26)20(14-17)25-31(28,29)19-7-5-6-18(15-19)30-3/h5-9,14-16,23,25H,4,10-13H2,1-3H3,(H,24,27)/t16-/m1/s1. The average molecular weight is 447 g/mol. The second-order valence-corrected chi connectivity index (χ2v) is 9.22. The molecule has 1 aliphatic heterocycles. The van der Waals surface area contributed by atoms with Crippen LogP contribution in [0.5, 0.6) is 5.75 Å². The molecule has 9 heteroatoms. The van der Waals surface area contributed by atoms with Crippen molar-refractivity contribution < 1.29 is 17.9 Å². The lowest BCUT2D eigenvalue weighted by atomic mass is 10.1. The Morgan fingerprint density at radius 1 is 1.19 bits per heavy atom. The van der Waals surface area contributed by atoms with E-state index >= 15 is 0 Å². The lowest BCUT2D eigenvalue weighted by Gasteiger charge is -2.31. The van der Waals surface area contributed by atoms with Gasteiger partial charge in [-0.25, -0.2) is 8.42 Å². The van der Waals surface area contributed by atoms with Gasteiger partial charge in [-0.2, -0.15) is 0 Å². The Morgan fingerprint density at radius 2 is 1.94 bits per heavy atom. The number of benzene rings is 2. The zero-order valence-electron chi connectivity index (χ0n) is 18.1. The van der Waals surface area contributed by atoms with Crippen molar-refractivity contribution >= 4 is 27.3 Å². The van der Waals surface area contributed by atoms with Crippen LogP contribution in [0, 0.1) is 0 Å². The second kappa shape index (κ2) is 10.0. The molecular weight excluding hydrogens is 416 g/mol. The van der Waals surface area contributed by atoms with Crippen LogP contribution in [-0.2, 0) is 10.0 Å². The topological polar surface area (TPSA) is 99.8 Å². The molecule has 0 aromatic heterocycles. The fourth-order valence-electron chi connectivity index (χ4n) is 3.32. The van der Waals surface area contributed by atoms with Crippen molar-refractivity contribution in [3.63, 3.8) is 0 Å². The minimum absolute atomic E-state index is 0.0253. The predicted molar refractivity (Wildman–Crippen MR) is 123 cm³/mol. The van der Waals surface area contributed by atoms with Crippen LogP contribution < -0.4 is 25.0 Å². The number of nitrogens with one attached hydrogen (secondary N) is 3. The van der Waals surface area contributed by atoms with Crippen molar-refractivity contribution in [1.29, 1.82) is 0 Å². The number of nitrogens with zero attached hydrogens (tertiary/aromatic N) is 1. The molecule has 0 bridgehead atoms. The Labute approximate surface area is 184 Å². The molecule has 1 heterocycles. The van der Waals surface area contributed by atoms with Gasteiger partial charge in [0.05, 0.1) is 23.4 Å². The van der Waals surface area contributed by atoms with Crippen molar-refractivity contribution in [2.75, 3.05) is 42.9 Å². The number of hydrogen-bond donors (Lipinski definition) is 3. The molecule has 0 radical (unpaired) electrons. The molecule has 0 unspecified atom stereocenters. The molecule has 1 aliphatic rings. The van der Waals surface area contributed by atoms with Gasteiger partial charge in [0.2, 0.25) is 0 Å². The highest BCUT2D eigenvalue weighted by Crippen LogP contribution is 2.30. The number of carbonyl (C=O) groups is 1. The maximum atomic E-state index is 13.1. The first-order chi connectivity index (χ1) is 14.8. The molecule has 0 spiro atoms. The normalized spacial score (nSPS) is 15.3. The number of sulfonamides is 1. The Bertz CT molecular complexity index is 1020. The summed E-state index contributed by atoms with van der Waals surface area (Å²) in [5, 5.41) is 6.22. The van der Waals surface area contributed by atoms with Crippen LogP contribution in [-0.4, -0.2) is 53.7 Å². The largest absolute Gasteiger partial charge is 0.497 e. The number of anilines is 2. The van der Waals surface area contributed by atoms with E-state index in [-0.39, 0.29) is 16.8 Å². The van der Waals surface area contributed by atoms with Gasteiger partial charge >= 0.3 is 0 Å². The number of amides is 1. The van der Waals surface area contributed by atoms with Crippen LogP contribution in [0.1, 0.15) is 30.6 Å². The molecule has 31 heavy (non-hydrogen) atoms. The fourth-order valence-corrected chi connectivity index (χ4v) is 4.42. The van der Waals surface area contributed by atoms with Crippen LogP contribution in [0.3, 0.4) is 0 Å². The number of rotatable bonds is 8. The lowest BCUT2D eigenvalue weighted by molar-refractivity contribution is 0.0939. The summed E-state index contributed by atoms with van der Waals surface area (Å²) in [6.45, 7) is 7.01. The third-order valence-electron chi connectivity index (χ3n) is 5.30. The maximum absolute atomic E-state index is 13.1. The van der Waals surface area contributed by atoms with Crippen LogP contribution in [0.15, 0.2) is 47.4 Å². The summed E-state index contributed by atoms with van der Waals surface area (Å²) in [5.74, 6) is 0.218. The van der Waals surface area contributed by atoms with Gasteiger partial charge in [-0.05, 0) is 43.7 Å². The Hall–Kier alpha value is -2.78. The van der Waals surface area contributed by atoms with E-state index in [1.54, 1.807) is 30.3 Å². The Kier molecular flexibility index (Phi) is 7.40. The molecule has 3 rings (SSSR count). The number of ether oxygens (including phenoxy) is 1. The van der Waals surface area contributed by atoms with Gasteiger partial charge in [0.1, 0.15) is 5.75 Å². The molecule has 8 nitrogen and oxygen atoms in total. The van der Waals surface area contributed by atoms with Crippen LogP contribution in [0.4, 0.5) is 11.4 Å². The van der Waals surface area contributed by atoms with Crippen LogP contribution in [0.25, 0.3) is 0 Å². The summed E-state index contributed by atoms with van der Waals surface area (Å²) < 4.78 is 34.1. The van der Waals surface area contributed by atoms with Gasteiger partial charge in [-0.3, -0.25) is 9.52 Å². The van der Waals surface area contributed by atoms with Gasteiger partial charge in [0.15, 0.2) is 0 Å². The lowest BCUT2D eigenvalue weighted by Crippen LogP contribution is -2.43. The first-order valence-corrected chi connectivity index (χ1v) is 11.9. The quantitative estimate of drug-likeness (QED) is 0.576. The summed E-state index contributed by atoms with van der Waals surface area (Å²) in [6.07, 6.45) is 0.805. The summed E-state index contributed by atoms with van der Waals surface area (Å²) in [4.78, 5) is 14.8. The Balaban J connectivity index is 1.97. The number of piperazine rings is 1. The summed E-state index contributed by atoms with van der Waals surface area (Å²) in [7, 11) is -2.39. The maximum Gasteiger partial charge on any atom is 0.262 e. The van der Waals surface area contributed by atoms with E-state index in [0.29, 0.717) is 17.0 Å². The first kappa shape index (κ1) is 22.9. The molecule has 1 saturated heterocycles.